The Morgan fingerprint density at radius 2 is 1.89 bits per heavy atom. The van der Waals surface area contributed by atoms with Crippen molar-refractivity contribution in [1.29, 1.82) is 0 Å². The molecule has 144 valence electrons. The Morgan fingerprint density at radius 1 is 1.14 bits per heavy atom. The molecule has 0 aliphatic heterocycles. The van der Waals surface area contributed by atoms with E-state index < -0.39 is 0 Å². The molecule has 7 heteroatoms. The highest BCUT2D eigenvalue weighted by Crippen LogP contribution is 2.14. The molecule has 0 radical (unpaired) electrons. The summed E-state index contributed by atoms with van der Waals surface area (Å²) in [5, 5.41) is 10.9. The molecule has 0 spiro atoms. The van der Waals surface area contributed by atoms with Gasteiger partial charge in [0.1, 0.15) is 0 Å². The summed E-state index contributed by atoms with van der Waals surface area (Å²) in [5.41, 5.74) is 4.29. The molecule has 3 aromatic rings. The Morgan fingerprint density at radius 3 is 2.54 bits per heavy atom. The van der Waals surface area contributed by atoms with E-state index in [4.69, 9.17) is 11.6 Å². The van der Waals surface area contributed by atoms with Crippen molar-refractivity contribution in [1.82, 2.24) is 15.1 Å². The van der Waals surface area contributed by atoms with Crippen LogP contribution in [0.3, 0.4) is 0 Å². The van der Waals surface area contributed by atoms with E-state index in [1.165, 1.54) is 0 Å². The largest absolute Gasteiger partial charge is 0.326 e. The second-order valence-corrected chi connectivity index (χ2v) is 6.83. The van der Waals surface area contributed by atoms with Gasteiger partial charge in [-0.05, 0) is 44.2 Å². The first kappa shape index (κ1) is 19.6. The maximum Gasteiger partial charge on any atom is 0.258 e. The van der Waals surface area contributed by atoms with Gasteiger partial charge in [-0.1, -0.05) is 35.9 Å². The highest BCUT2D eigenvalue weighted by molar-refractivity contribution is 6.31. The lowest BCUT2D eigenvalue weighted by Gasteiger charge is -2.12. The van der Waals surface area contributed by atoms with E-state index in [9.17, 15) is 4.79 Å². The first-order valence-corrected chi connectivity index (χ1v) is 9.24. The third-order valence-corrected chi connectivity index (χ3v) is 4.64. The molecule has 0 aliphatic rings. The summed E-state index contributed by atoms with van der Waals surface area (Å²) in [6, 6.07) is 16.3. The quantitative estimate of drug-likeness (QED) is 0.516. The van der Waals surface area contributed by atoms with Crippen LogP contribution in [0.25, 0.3) is 0 Å². The van der Waals surface area contributed by atoms with E-state index >= 15 is 0 Å². The Kier molecular flexibility index (Phi) is 6.11. The highest BCUT2D eigenvalue weighted by atomic mass is 35.5. The Hall–Kier alpha value is -3.12. The predicted octanol–water partition coefficient (Wildman–Crippen LogP) is 4.09. The molecule has 0 unspecified atom stereocenters. The predicted molar refractivity (Wildman–Crippen MR) is 113 cm³/mol. The first-order valence-electron chi connectivity index (χ1n) is 8.86. The van der Waals surface area contributed by atoms with Gasteiger partial charge in [-0.2, -0.15) is 5.10 Å². The number of carbonyl (C=O) groups excluding carboxylic acids is 1. The van der Waals surface area contributed by atoms with Gasteiger partial charge < -0.3 is 5.32 Å². The fourth-order valence-electron chi connectivity index (χ4n) is 2.78. The molecule has 0 bridgehead atoms. The van der Waals surface area contributed by atoms with E-state index in [2.05, 4.69) is 20.7 Å². The van der Waals surface area contributed by atoms with Crippen LogP contribution in [0.5, 0.6) is 0 Å². The molecular formula is C21H22ClN5O. The number of aliphatic imine (C=N–C) groups is 1. The third kappa shape index (κ3) is 4.78. The number of benzene rings is 2. The van der Waals surface area contributed by atoms with Crippen molar-refractivity contribution in [3.8, 4) is 0 Å². The van der Waals surface area contributed by atoms with Crippen LogP contribution < -0.4 is 10.6 Å². The van der Waals surface area contributed by atoms with Gasteiger partial charge >= 0.3 is 0 Å². The number of hydrogen-bond acceptors (Lipinski definition) is 3. The molecule has 0 aliphatic carbocycles. The van der Waals surface area contributed by atoms with Crippen molar-refractivity contribution in [3.05, 3.63) is 82.1 Å². The monoisotopic (exact) mass is 395 g/mol. The molecule has 3 rings (SSSR count). The average Bonchev–Trinajstić information content (AvgIpc) is 2.92. The topological polar surface area (TPSA) is 71.3 Å². The molecule has 1 heterocycles. The molecule has 1 aromatic heterocycles. The van der Waals surface area contributed by atoms with Gasteiger partial charge in [0, 0.05) is 34.6 Å². The Labute approximate surface area is 169 Å². The van der Waals surface area contributed by atoms with Crippen LogP contribution in [-0.2, 0) is 13.6 Å². The van der Waals surface area contributed by atoms with E-state index in [1.54, 1.807) is 24.3 Å². The second-order valence-electron chi connectivity index (χ2n) is 6.39. The second kappa shape index (κ2) is 8.71. The van der Waals surface area contributed by atoms with Crippen molar-refractivity contribution < 1.29 is 4.79 Å². The van der Waals surface area contributed by atoms with Gasteiger partial charge in [0.15, 0.2) is 0 Å². The van der Waals surface area contributed by atoms with Gasteiger partial charge in [0.2, 0.25) is 5.96 Å². The van der Waals surface area contributed by atoms with E-state index in [1.807, 2.05) is 55.9 Å². The molecule has 0 saturated carbocycles. The fraction of sp³-hybridized carbons (Fsp3) is 0.190. The van der Waals surface area contributed by atoms with Crippen LogP contribution in [0.4, 0.5) is 5.69 Å². The van der Waals surface area contributed by atoms with Gasteiger partial charge in [-0.3, -0.25) is 14.8 Å². The molecule has 0 saturated heterocycles. The standard InChI is InChI=1S/C21H22ClN5O/c1-14-19(15(2)27(3)26-14)13-23-21(24-18-10-5-4-6-11-18)25-20(28)16-8-7-9-17(22)12-16/h4-12H,13H2,1-3H3,(H2,23,24,25,28). The molecule has 2 N–H and O–H groups in total. The minimum Gasteiger partial charge on any atom is -0.326 e. The van der Waals surface area contributed by atoms with E-state index in [0.29, 0.717) is 23.1 Å². The van der Waals surface area contributed by atoms with Crippen LogP contribution in [0.2, 0.25) is 5.02 Å². The lowest BCUT2D eigenvalue weighted by atomic mass is 10.2. The molecule has 0 fully saturated rings. The van der Waals surface area contributed by atoms with Crippen LogP contribution in [0.15, 0.2) is 59.6 Å². The number of nitrogens with one attached hydrogen (secondary N) is 2. The summed E-state index contributed by atoms with van der Waals surface area (Å²) in [6.07, 6.45) is 0. The summed E-state index contributed by atoms with van der Waals surface area (Å²) in [4.78, 5) is 17.2. The number of guanidine groups is 1. The number of hydrogen-bond donors (Lipinski definition) is 2. The number of halogens is 1. The minimum absolute atomic E-state index is 0.288. The molecule has 6 nitrogen and oxygen atoms in total. The average molecular weight is 396 g/mol. The number of rotatable bonds is 4. The van der Waals surface area contributed by atoms with Crippen molar-refractivity contribution in [2.24, 2.45) is 12.0 Å². The summed E-state index contributed by atoms with van der Waals surface area (Å²) < 4.78 is 1.83. The highest BCUT2D eigenvalue weighted by Gasteiger charge is 2.12. The van der Waals surface area contributed by atoms with Crippen LogP contribution >= 0.6 is 11.6 Å². The normalized spacial score (nSPS) is 11.4. The maximum absolute atomic E-state index is 12.6. The maximum atomic E-state index is 12.6. The SMILES string of the molecule is Cc1nn(C)c(C)c1CN=C(NC(=O)c1cccc(Cl)c1)Nc1ccccc1. The van der Waals surface area contributed by atoms with E-state index in [-0.39, 0.29) is 5.91 Å². The number of para-hydroxylation sites is 1. The zero-order chi connectivity index (χ0) is 20.1. The lowest BCUT2D eigenvalue weighted by Crippen LogP contribution is -2.36. The molecule has 1 amide bonds. The van der Waals surface area contributed by atoms with Gasteiger partial charge in [-0.25, -0.2) is 4.99 Å². The zero-order valence-corrected chi connectivity index (χ0v) is 16.8. The summed E-state index contributed by atoms with van der Waals surface area (Å²) in [6.45, 7) is 4.35. The number of aryl methyl sites for hydroxylation is 2. The minimum atomic E-state index is -0.288. The van der Waals surface area contributed by atoms with Crippen molar-refractivity contribution in [2.45, 2.75) is 20.4 Å². The summed E-state index contributed by atoms with van der Waals surface area (Å²) in [5.74, 6) is 0.0724. The van der Waals surface area contributed by atoms with Crippen LogP contribution in [-0.4, -0.2) is 21.6 Å². The van der Waals surface area contributed by atoms with Crippen LogP contribution in [0.1, 0.15) is 27.3 Å². The number of aromatic nitrogens is 2. The number of carbonyl (C=O) groups is 1. The summed E-state index contributed by atoms with van der Waals surface area (Å²) >= 11 is 6.00. The Bertz CT molecular complexity index is 1010. The molecule has 2 aromatic carbocycles. The smallest absolute Gasteiger partial charge is 0.258 e. The Balaban J connectivity index is 1.85. The first-order chi connectivity index (χ1) is 13.4. The van der Waals surface area contributed by atoms with Gasteiger partial charge in [-0.15, -0.1) is 0 Å². The molecular weight excluding hydrogens is 374 g/mol. The van der Waals surface area contributed by atoms with Gasteiger partial charge in [0.05, 0.1) is 12.2 Å². The number of anilines is 1. The number of amides is 1. The van der Waals surface area contributed by atoms with Crippen molar-refractivity contribution in [2.75, 3.05) is 5.32 Å². The number of nitrogens with zero attached hydrogens (tertiary/aromatic N) is 3. The lowest BCUT2D eigenvalue weighted by molar-refractivity contribution is 0.0977. The zero-order valence-electron chi connectivity index (χ0n) is 16.0. The van der Waals surface area contributed by atoms with Crippen LogP contribution in [0, 0.1) is 13.8 Å². The van der Waals surface area contributed by atoms with Crippen molar-refractivity contribution >= 4 is 29.2 Å². The summed E-state index contributed by atoms with van der Waals surface area (Å²) in [7, 11) is 1.90. The van der Waals surface area contributed by atoms with E-state index in [0.717, 1.165) is 22.6 Å². The fourth-order valence-corrected chi connectivity index (χ4v) is 2.97. The van der Waals surface area contributed by atoms with Crippen molar-refractivity contribution in [3.63, 3.8) is 0 Å². The molecule has 0 atom stereocenters. The van der Waals surface area contributed by atoms with Gasteiger partial charge in [0.25, 0.3) is 5.91 Å². The third-order valence-electron chi connectivity index (χ3n) is 4.41. The molecule has 28 heavy (non-hydrogen) atoms.